The molecule has 3 N–H and O–H groups in total. The van der Waals surface area contributed by atoms with Gasteiger partial charge in [-0.25, -0.2) is 0 Å². The molecular weight excluding hydrogens is 188 g/mol. The van der Waals surface area contributed by atoms with Crippen molar-refractivity contribution >= 4 is 42.3 Å². The molecule has 10 heavy (non-hydrogen) atoms. The van der Waals surface area contributed by atoms with Crippen LogP contribution in [0.4, 0.5) is 0 Å². The van der Waals surface area contributed by atoms with Gasteiger partial charge in [0, 0.05) is 0 Å². The highest BCUT2D eigenvalue weighted by molar-refractivity contribution is 7.83. The number of rotatable bonds is 1. The Morgan fingerprint density at radius 2 is 2.40 bits per heavy atom. The van der Waals surface area contributed by atoms with E-state index >= 15 is 0 Å². The summed E-state index contributed by atoms with van der Waals surface area (Å²) in [5, 5.41) is 0. The fourth-order valence-electron chi connectivity index (χ4n) is 0.511. The minimum absolute atomic E-state index is 0.309. The summed E-state index contributed by atoms with van der Waals surface area (Å²) in [5.41, 5.74) is 5.30. The van der Waals surface area contributed by atoms with Crippen LogP contribution in [0.3, 0.4) is 0 Å². The van der Waals surface area contributed by atoms with Crippen LogP contribution in [0.2, 0.25) is 0 Å². The third-order valence-corrected chi connectivity index (χ3v) is 2.56. The number of hydrogen-bond acceptors (Lipinski definition) is 4. The predicted molar refractivity (Wildman–Crippen MR) is 45.3 cm³/mol. The van der Waals surface area contributed by atoms with Crippen molar-refractivity contribution in [1.29, 1.82) is 0 Å². The SMILES string of the molecule is NC(=O)c1c(S)s[nH]c1=S. The number of thiol groups is 1. The molecule has 3 nitrogen and oxygen atoms in total. The van der Waals surface area contributed by atoms with E-state index in [0.29, 0.717) is 14.4 Å². The average Bonchev–Trinajstić information content (AvgIpc) is 2.11. The molecular formula is C4H4N2OS3. The maximum absolute atomic E-state index is 10.6. The molecule has 6 heteroatoms. The molecule has 1 aromatic heterocycles. The summed E-state index contributed by atoms with van der Waals surface area (Å²) in [5.74, 6) is -0.535. The van der Waals surface area contributed by atoms with Gasteiger partial charge in [-0.15, -0.1) is 12.6 Å². The van der Waals surface area contributed by atoms with E-state index in [-0.39, 0.29) is 0 Å². The Balaban J connectivity index is 3.37. The number of carbonyl (C=O) groups excluding carboxylic acids is 1. The molecule has 0 saturated carbocycles. The van der Waals surface area contributed by atoms with Crippen molar-refractivity contribution in [2.24, 2.45) is 5.73 Å². The molecule has 0 aromatic carbocycles. The van der Waals surface area contributed by atoms with Gasteiger partial charge in [0.1, 0.15) is 4.64 Å². The quantitative estimate of drug-likeness (QED) is 0.462. The fourth-order valence-corrected chi connectivity index (χ4v) is 1.93. The Morgan fingerprint density at radius 1 is 1.80 bits per heavy atom. The molecule has 1 amide bonds. The van der Waals surface area contributed by atoms with E-state index < -0.39 is 5.91 Å². The molecule has 1 rings (SSSR count). The first-order valence-electron chi connectivity index (χ1n) is 2.33. The number of nitrogens with two attached hydrogens (primary N) is 1. The highest BCUT2D eigenvalue weighted by Crippen LogP contribution is 2.18. The molecule has 0 aliphatic heterocycles. The monoisotopic (exact) mass is 192 g/mol. The lowest BCUT2D eigenvalue weighted by molar-refractivity contribution is 0.0997. The molecule has 0 fully saturated rings. The molecule has 0 radical (unpaired) electrons. The Labute approximate surface area is 71.8 Å². The third kappa shape index (κ3) is 1.23. The Hall–Kier alpha value is -0.330. The topological polar surface area (TPSA) is 58.9 Å². The molecule has 0 aliphatic rings. The van der Waals surface area contributed by atoms with Crippen LogP contribution in [-0.4, -0.2) is 10.3 Å². The molecule has 0 atom stereocenters. The number of carbonyl (C=O) groups is 1. The van der Waals surface area contributed by atoms with Crippen LogP contribution >= 0.6 is 36.4 Å². The minimum Gasteiger partial charge on any atom is -0.365 e. The lowest BCUT2D eigenvalue weighted by Crippen LogP contribution is -2.10. The average molecular weight is 192 g/mol. The van der Waals surface area contributed by atoms with Gasteiger partial charge < -0.3 is 10.1 Å². The van der Waals surface area contributed by atoms with E-state index in [4.69, 9.17) is 18.0 Å². The van der Waals surface area contributed by atoms with Gasteiger partial charge in [-0.3, -0.25) is 4.79 Å². The number of primary amides is 1. The summed E-state index contributed by atoms with van der Waals surface area (Å²) in [6.07, 6.45) is 0. The number of nitrogens with one attached hydrogen (secondary N) is 1. The largest absolute Gasteiger partial charge is 0.365 e. The van der Waals surface area contributed by atoms with Crippen LogP contribution in [0.25, 0.3) is 0 Å². The maximum Gasteiger partial charge on any atom is 0.253 e. The third-order valence-electron chi connectivity index (χ3n) is 0.928. The zero-order valence-corrected chi connectivity index (χ0v) is 7.28. The summed E-state index contributed by atoms with van der Waals surface area (Å²) in [6.45, 7) is 0. The lowest BCUT2D eigenvalue weighted by atomic mass is 10.4. The number of aromatic amines is 1. The van der Waals surface area contributed by atoms with E-state index in [0.717, 1.165) is 0 Å². The smallest absolute Gasteiger partial charge is 0.253 e. The molecule has 0 unspecified atom stereocenters. The van der Waals surface area contributed by atoms with Crippen molar-refractivity contribution in [3.63, 3.8) is 0 Å². The van der Waals surface area contributed by atoms with Crippen molar-refractivity contribution in [2.45, 2.75) is 4.21 Å². The van der Waals surface area contributed by atoms with Crippen molar-refractivity contribution in [2.75, 3.05) is 0 Å². The molecule has 1 heterocycles. The number of aromatic nitrogens is 1. The first kappa shape index (κ1) is 7.77. The maximum atomic E-state index is 10.6. The lowest BCUT2D eigenvalue weighted by Gasteiger charge is -1.86. The van der Waals surface area contributed by atoms with E-state index in [1.165, 1.54) is 11.5 Å². The Bertz CT molecular complexity index is 313. The molecule has 0 aliphatic carbocycles. The van der Waals surface area contributed by atoms with Crippen molar-refractivity contribution in [3.8, 4) is 0 Å². The van der Waals surface area contributed by atoms with E-state index in [1.54, 1.807) is 0 Å². The van der Waals surface area contributed by atoms with Crippen LogP contribution in [-0.2, 0) is 0 Å². The normalized spacial score (nSPS) is 9.70. The second-order valence-corrected chi connectivity index (χ2v) is 3.55. The zero-order chi connectivity index (χ0) is 7.72. The summed E-state index contributed by atoms with van der Waals surface area (Å²) < 4.78 is 3.60. The van der Waals surface area contributed by atoms with E-state index in [9.17, 15) is 4.79 Å². The molecule has 54 valence electrons. The van der Waals surface area contributed by atoms with Crippen molar-refractivity contribution in [3.05, 3.63) is 10.2 Å². The van der Waals surface area contributed by atoms with Crippen LogP contribution in [0.5, 0.6) is 0 Å². The molecule has 0 bridgehead atoms. The molecule has 0 spiro atoms. The van der Waals surface area contributed by atoms with Gasteiger partial charge in [0.15, 0.2) is 0 Å². The van der Waals surface area contributed by atoms with Gasteiger partial charge in [-0.1, -0.05) is 23.8 Å². The second-order valence-electron chi connectivity index (χ2n) is 1.58. The van der Waals surface area contributed by atoms with E-state index in [1.807, 2.05) is 0 Å². The van der Waals surface area contributed by atoms with Gasteiger partial charge in [-0.05, 0) is 0 Å². The second kappa shape index (κ2) is 2.73. The highest BCUT2D eigenvalue weighted by atomic mass is 32.2. The number of hydrogen-bond donors (Lipinski definition) is 3. The van der Waals surface area contributed by atoms with Crippen LogP contribution in [0.1, 0.15) is 10.4 Å². The summed E-state index contributed by atoms with van der Waals surface area (Å²) in [7, 11) is 0. The highest BCUT2D eigenvalue weighted by Gasteiger charge is 2.09. The number of H-pyrrole nitrogens is 1. The summed E-state index contributed by atoms with van der Waals surface area (Å²) >= 11 is 9.93. The van der Waals surface area contributed by atoms with Crippen molar-refractivity contribution in [1.82, 2.24) is 4.37 Å². The summed E-state index contributed by atoms with van der Waals surface area (Å²) in [4.78, 5) is 10.6. The van der Waals surface area contributed by atoms with E-state index in [2.05, 4.69) is 17.0 Å². The van der Waals surface area contributed by atoms with Gasteiger partial charge >= 0.3 is 0 Å². The van der Waals surface area contributed by atoms with Crippen molar-refractivity contribution < 1.29 is 4.79 Å². The number of amides is 1. The van der Waals surface area contributed by atoms with Gasteiger partial charge in [0.2, 0.25) is 0 Å². The summed E-state index contributed by atoms with van der Waals surface area (Å²) in [6, 6.07) is 0. The Morgan fingerprint density at radius 3 is 2.60 bits per heavy atom. The first-order valence-corrected chi connectivity index (χ1v) is 4.00. The molecule has 0 saturated heterocycles. The van der Waals surface area contributed by atoms with Gasteiger partial charge in [0.25, 0.3) is 5.91 Å². The van der Waals surface area contributed by atoms with Crippen LogP contribution < -0.4 is 5.73 Å². The van der Waals surface area contributed by atoms with Gasteiger partial charge in [-0.2, -0.15) is 0 Å². The minimum atomic E-state index is -0.535. The standard InChI is InChI=1S/C4H4N2OS3/c5-2(7)1-3(8)6-10-4(1)9/h9H,(H2,5,7)(H,6,8). The first-order chi connectivity index (χ1) is 4.63. The zero-order valence-electron chi connectivity index (χ0n) is 4.75. The molecule has 1 aromatic rings. The predicted octanol–water partition coefficient (Wildman–Crippen LogP) is 1.19. The van der Waals surface area contributed by atoms with Crippen LogP contribution in [0, 0.1) is 4.64 Å². The van der Waals surface area contributed by atoms with Gasteiger partial charge in [0.05, 0.1) is 9.77 Å². The fraction of sp³-hybridized carbons (Fsp3) is 0. The Kier molecular flexibility index (Phi) is 2.12. The van der Waals surface area contributed by atoms with Crippen LogP contribution in [0.15, 0.2) is 4.21 Å².